The number of halogens is 2. The maximum atomic E-state index is 13.7. The van der Waals surface area contributed by atoms with Crippen molar-refractivity contribution in [3.05, 3.63) is 76.0 Å². The van der Waals surface area contributed by atoms with Gasteiger partial charge in [0.1, 0.15) is 17.2 Å². The molecular weight excluding hydrogens is 382 g/mol. The maximum Gasteiger partial charge on any atom is 0.419 e. The zero-order valence-corrected chi connectivity index (χ0v) is 15.4. The normalized spacial score (nSPS) is 11.0. The monoisotopic (exact) mass is 396 g/mol. The first-order valence-electron chi connectivity index (χ1n) is 8.53. The molecule has 0 radical (unpaired) electrons. The summed E-state index contributed by atoms with van der Waals surface area (Å²) >= 11 is 0. The zero-order chi connectivity index (χ0) is 20.7. The first kappa shape index (κ1) is 18.5. The van der Waals surface area contributed by atoms with Gasteiger partial charge in [-0.3, -0.25) is 14.3 Å². The van der Waals surface area contributed by atoms with Crippen LogP contribution in [0.25, 0.3) is 22.4 Å². The summed E-state index contributed by atoms with van der Waals surface area (Å²) in [7, 11) is 1.61. The molecule has 0 bridgehead atoms. The molecule has 7 nitrogen and oxygen atoms in total. The van der Waals surface area contributed by atoms with E-state index in [0.717, 1.165) is 12.1 Å². The Balaban J connectivity index is 1.63. The Morgan fingerprint density at radius 2 is 1.83 bits per heavy atom. The summed E-state index contributed by atoms with van der Waals surface area (Å²) in [5.74, 6) is -3.34. The Labute approximate surface area is 162 Å². The van der Waals surface area contributed by atoms with Crippen molar-refractivity contribution in [2.45, 2.75) is 6.92 Å². The van der Waals surface area contributed by atoms with E-state index in [4.69, 9.17) is 4.42 Å². The Morgan fingerprint density at radius 3 is 2.48 bits per heavy atom. The largest absolute Gasteiger partial charge is 0.419 e. The summed E-state index contributed by atoms with van der Waals surface area (Å²) in [6.07, 6.45) is 2.68. The van der Waals surface area contributed by atoms with Crippen molar-refractivity contribution in [3.8, 4) is 11.3 Å². The Hall–Kier alpha value is -3.88. The van der Waals surface area contributed by atoms with Gasteiger partial charge in [-0.05, 0) is 25.1 Å². The van der Waals surface area contributed by atoms with Crippen molar-refractivity contribution in [3.63, 3.8) is 0 Å². The lowest BCUT2D eigenvalue weighted by Gasteiger charge is -2.08. The van der Waals surface area contributed by atoms with E-state index >= 15 is 0 Å². The van der Waals surface area contributed by atoms with Crippen LogP contribution in [-0.2, 0) is 7.05 Å². The molecule has 2 aromatic carbocycles. The number of amides is 1. The molecule has 0 aliphatic heterocycles. The number of fused-ring (bicyclic) bond motifs is 1. The molecule has 0 saturated heterocycles. The van der Waals surface area contributed by atoms with Gasteiger partial charge in [0.2, 0.25) is 0 Å². The molecule has 2 aromatic heterocycles. The Morgan fingerprint density at radius 1 is 1.10 bits per heavy atom. The molecule has 29 heavy (non-hydrogen) atoms. The van der Waals surface area contributed by atoms with Crippen LogP contribution in [0.5, 0.6) is 0 Å². The minimum Gasteiger partial charge on any atom is -0.407 e. The fourth-order valence-corrected chi connectivity index (χ4v) is 3.03. The number of aryl methyl sites for hydroxylation is 2. The molecule has 0 atom stereocenters. The molecular formula is C20H14F2N4O3. The summed E-state index contributed by atoms with van der Waals surface area (Å²) in [6.45, 7) is 1.79. The minimum absolute atomic E-state index is 0.0337. The van der Waals surface area contributed by atoms with Crippen LogP contribution in [0.2, 0.25) is 0 Å². The molecule has 1 N–H and O–H groups in total. The fraction of sp³-hybridized carbons (Fsp3) is 0.100. The molecule has 2 heterocycles. The van der Waals surface area contributed by atoms with E-state index in [-0.39, 0.29) is 5.82 Å². The molecule has 0 unspecified atom stereocenters. The summed E-state index contributed by atoms with van der Waals surface area (Å²) < 4.78 is 34.1. The third kappa shape index (κ3) is 3.16. The number of aromatic nitrogens is 3. The topological polar surface area (TPSA) is 90.0 Å². The molecule has 1 amide bonds. The number of anilines is 1. The van der Waals surface area contributed by atoms with Gasteiger partial charge < -0.3 is 9.73 Å². The lowest BCUT2D eigenvalue weighted by Crippen LogP contribution is -2.16. The van der Waals surface area contributed by atoms with E-state index in [1.807, 2.05) is 0 Å². The standard InChI is InChI=1S/C20H14F2N4O3/c1-10-11(6-7-15-18(10)29-20(28)26(15)2)14-8-24-16(9-23-14)25-19(27)17-12(21)4-3-5-13(17)22/h3-9H,1-2H3,(H,24,25,27). The molecule has 0 aliphatic carbocycles. The molecule has 9 heteroatoms. The quantitative estimate of drug-likeness (QED) is 0.573. The second-order valence-electron chi connectivity index (χ2n) is 6.35. The zero-order valence-electron chi connectivity index (χ0n) is 15.4. The third-order valence-electron chi connectivity index (χ3n) is 4.57. The van der Waals surface area contributed by atoms with E-state index in [0.29, 0.717) is 27.9 Å². The van der Waals surface area contributed by atoms with Gasteiger partial charge >= 0.3 is 5.76 Å². The molecule has 4 aromatic rings. The number of hydrogen-bond donors (Lipinski definition) is 1. The molecule has 146 valence electrons. The lowest BCUT2D eigenvalue weighted by atomic mass is 10.0. The smallest absolute Gasteiger partial charge is 0.407 e. The molecule has 0 saturated carbocycles. The van der Waals surface area contributed by atoms with Crippen molar-refractivity contribution in [1.82, 2.24) is 14.5 Å². The molecule has 0 aliphatic rings. The van der Waals surface area contributed by atoms with E-state index in [1.165, 1.54) is 23.0 Å². The number of hydrogen-bond acceptors (Lipinski definition) is 5. The highest BCUT2D eigenvalue weighted by Gasteiger charge is 2.18. The second kappa shape index (κ2) is 6.93. The van der Waals surface area contributed by atoms with Gasteiger partial charge in [-0.2, -0.15) is 0 Å². The van der Waals surface area contributed by atoms with E-state index in [9.17, 15) is 18.4 Å². The third-order valence-corrected chi connectivity index (χ3v) is 4.57. The van der Waals surface area contributed by atoms with Gasteiger partial charge in [0.15, 0.2) is 11.4 Å². The Bertz CT molecular complexity index is 1290. The Kier molecular flexibility index (Phi) is 4.42. The predicted molar refractivity (Wildman–Crippen MR) is 102 cm³/mol. The maximum absolute atomic E-state index is 13.7. The molecule has 4 rings (SSSR count). The summed E-state index contributed by atoms with van der Waals surface area (Å²) in [5, 5.41) is 2.32. The lowest BCUT2D eigenvalue weighted by molar-refractivity contribution is 0.101. The number of nitrogens with one attached hydrogen (secondary N) is 1. The van der Waals surface area contributed by atoms with Gasteiger partial charge in [0.05, 0.1) is 23.6 Å². The summed E-state index contributed by atoms with van der Waals surface area (Å²) in [6, 6.07) is 6.68. The van der Waals surface area contributed by atoms with Crippen molar-refractivity contribution >= 4 is 22.8 Å². The highest BCUT2D eigenvalue weighted by Crippen LogP contribution is 2.28. The fourth-order valence-electron chi connectivity index (χ4n) is 3.03. The molecule has 0 fully saturated rings. The van der Waals surface area contributed by atoms with Gasteiger partial charge in [-0.25, -0.2) is 18.6 Å². The van der Waals surface area contributed by atoms with Gasteiger partial charge in [-0.1, -0.05) is 12.1 Å². The highest BCUT2D eigenvalue weighted by atomic mass is 19.1. The van der Waals surface area contributed by atoms with Crippen LogP contribution in [0.4, 0.5) is 14.6 Å². The van der Waals surface area contributed by atoms with Crippen LogP contribution in [0.1, 0.15) is 15.9 Å². The van der Waals surface area contributed by atoms with E-state index in [1.54, 1.807) is 26.1 Å². The first-order chi connectivity index (χ1) is 13.9. The van der Waals surface area contributed by atoms with Crippen molar-refractivity contribution < 1.29 is 18.0 Å². The number of carbonyl (C=O) groups excluding carboxylic acids is 1. The van der Waals surface area contributed by atoms with Crippen LogP contribution in [0.3, 0.4) is 0 Å². The second-order valence-corrected chi connectivity index (χ2v) is 6.35. The average Bonchev–Trinajstić information content (AvgIpc) is 2.98. The molecule has 0 spiro atoms. The van der Waals surface area contributed by atoms with Crippen molar-refractivity contribution in [2.75, 3.05) is 5.32 Å². The van der Waals surface area contributed by atoms with Gasteiger partial charge in [0.25, 0.3) is 5.91 Å². The van der Waals surface area contributed by atoms with E-state index < -0.39 is 28.9 Å². The summed E-state index contributed by atoms with van der Waals surface area (Å²) in [4.78, 5) is 32.2. The SMILES string of the molecule is Cc1c(-c2cnc(NC(=O)c3c(F)cccc3F)cn2)ccc2c1oc(=O)n2C. The predicted octanol–water partition coefficient (Wildman–Crippen LogP) is 3.43. The average molecular weight is 396 g/mol. The number of nitrogens with zero attached hydrogens (tertiary/aromatic N) is 3. The van der Waals surface area contributed by atoms with Crippen LogP contribution >= 0.6 is 0 Å². The van der Waals surface area contributed by atoms with Crippen LogP contribution in [0.15, 0.2) is 51.9 Å². The number of carbonyl (C=O) groups is 1. The van der Waals surface area contributed by atoms with Gasteiger partial charge in [0, 0.05) is 18.2 Å². The van der Waals surface area contributed by atoms with E-state index in [2.05, 4.69) is 15.3 Å². The minimum atomic E-state index is -0.972. The van der Waals surface area contributed by atoms with Crippen LogP contribution in [-0.4, -0.2) is 20.4 Å². The first-order valence-corrected chi connectivity index (χ1v) is 8.53. The van der Waals surface area contributed by atoms with Crippen molar-refractivity contribution in [1.29, 1.82) is 0 Å². The number of oxazole rings is 1. The van der Waals surface area contributed by atoms with Crippen molar-refractivity contribution in [2.24, 2.45) is 7.05 Å². The van der Waals surface area contributed by atoms with Crippen LogP contribution in [0, 0.1) is 18.6 Å². The van der Waals surface area contributed by atoms with Crippen LogP contribution < -0.4 is 11.1 Å². The number of benzene rings is 2. The van der Waals surface area contributed by atoms with Gasteiger partial charge in [-0.15, -0.1) is 0 Å². The number of rotatable bonds is 3. The summed E-state index contributed by atoms with van der Waals surface area (Å²) in [5.41, 5.74) is 2.28. The highest BCUT2D eigenvalue weighted by molar-refractivity contribution is 6.04.